The number of benzene rings is 2. The van der Waals surface area contributed by atoms with Crippen LogP contribution in [-0.2, 0) is 11.2 Å². The van der Waals surface area contributed by atoms with Crippen molar-refractivity contribution in [3.63, 3.8) is 0 Å². The summed E-state index contributed by atoms with van der Waals surface area (Å²) in [5.74, 6) is -0.0786. The molecule has 2 aromatic carbocycles. The predicted octanol–water partition coefficient (Wildman–Crippen LogP) is 4.25. The molecule has 1 N–H and O–H groups in total. The monoisotopic (exact) mass is 360 g/mol. The molecular formula is C17H13ClN2OS2. The highest BCUT2D eigenvalue weighted by Crippen LogP contribution is 2.27. The molecule has 1 heterocycles. The molecule has 0 radical (unpaired) electrons. The minimum Gasteiger partial charge on any atom is -0.275 e. The number of carbonyl (C=O) groups is 1. The highest BCUT2D eigenvalue weighted by Gasteiger charge is 2.24. The van der Waals surface area contributed by atoms with Gasteiger partial charge in [-0.2, -0.15) is 0 Å². The Balaban J connectivity index is 1.84. The maximum Gasteiger partial charge on any atom is 0.250 e. The number of carbonyl (C=O) groups excluding carboxylic acids is 1. The van der Waals surface area contributed by atoms with Gasteiger partial charge in [0, 0.05) is 16.0 Å². The molecule has 0 aliphatic carbocycles. The van der Waals surface area contributed by atoms with Crippen LogP contribution < -0.4 is 5.43 Å². The molecule has 0 fully saturated rings. The minimum absolute atomic E-state index is 0.0786. The van der Waals surface area contributed by atoms with E-state index in [0.717, 1.165) is 16.8 Å². The molecule has 0 bridgehead atoms. The molecule has 6 heteroatoms. The standard InChI is InChI=1S/C17H13ClN2OS2/c18-14-8-6-12(7-9-14)10-16(21)20-15(11-23-17(22)19-20)13-4-2-1-3-5-13/h1-9,11H,10H2,(H,19,22). The van der Waals surface area contributed by atoms with E-state index >= 15 is 0 Å². The van der Waals surface area contributed by atoms with Gasteiger partial charge in [-0.25, -0.2) is 5.01 Å². The van der Waals surface area contributed by atoms with Crippen molar-refractivity contribution in [1.29, 1.82) is 0 Å². The quantitative estimate of drug-likeness (QED) is 0.829. The van der Waals surface area contributed by atoms with E-state index in [1.807, 2.05) is 47.9 Å². The Morgan fingerprint density at radius 2 is 1.83 bits per heavy atom. The Morgan fingerprint density at radius 1 is 1.13 bits per heavy atom. The largest absolute Gasteiger partial charge is 0.275 e. The average molecular weight is 361 g/mol. The topological polar surface area (TPSA) is 32.3 Å². The van der Waals surface area contributed by atoms with Crippen LogP contribution in [-0.4, -0.2) is 15.2 Å². The van der Waals surface area contributed by atoms with Gasteiger partial charge in [-0.3, -0.25) is 10.2 Å². The minimum atomic E-state index is -0.0786. The van der Waals surface area contributed by atoms with Gasteiger partial charge in [0.1, 0.15) is 0 Å². The molecule has 0 aromatic heterocycles. The molecule has 116 valence electrons. The second kappa shape index (κ2) is 7.17. The number of rotatable bonds is 3. The molecule has 3 rings (SSSR count). The van der Waals surface area contributed by atoms with Gasteiger partial charge in [0.15, 0.2) is 4.32 Å². The van der Waals surface area contributed by atoms with Crippen LogP contribution in [0.3, 0.4) is 0 Å². The molecule has 1 aliphatic rings. The number of thiocarbonyl (C=S) groups is 1. The number of hydrazine groups is 1. The number of hydrogen-bond acceptors (Lipinski definition) is 3. The van der Waals surface area contributed by atoms with Crippen LogP contribution in [0, 0.1) is 0 Å². The third kappa shape index (κ3) is 3.93. The number of hydrogen-bond donors (Lipinski definition) is 1. The maximum atomic E-state index is 12.7. The Morgan fingerprint density at radius 3 is 2.52 bits per heavy atom. The zero-order valence-corrected chi connectivity index (χ0v) is 14.4. The van der Waals surface area contributed by atoms with E-state index in [-0.39, 0.29) is 12.3 Å². The molecule has 0 saturated carbocycles. The molecular weight excluding hydrogens is 348 g/mol. The van der Waals surface area contributed by atoms with Crippen molar-refractivity contribution in [2.24, 2.45) is 0 Å². The van der Waals surface area contributed by atoms with E-state index in [1.165, 1.54) is 16.8 Å². The van der Waals surface area contributed by atoms with E-state index < -0.39 is 0 Å². The first kappa shape index (κ1) is 16.1. The lowest BCUT2D eigenvalue weighted by Crippen LogP contribution is -2.45. The van der Waals surface area contributed by atoms with Crippen molar-refractivity contribution in [3.8, 4) is 0 Å². The molecule has 0 saturated heterocycles. The van der Waals surface area contributed by atoms with Gasteiger partial charge in [-0.05, 0) is 17.7 Å². The van der Waals surface area contributed by atoms with E-state index in [1.54, 1.807) is 12.1 Å². The van der Waals surface area contributed by atoms with Gasteiger partial charge in [-0.1, -0.05) is 78.0 Å². The van der Waals surface area contributed by atoms with Crippen molar-refractivity contribution in [2.75, 3.05) is 0 Å². The van der Waals surface area contributed by atoms with Crippen LogP contribution >= 0.6 is 35.6 Å². The predicted molar refractivity (Wildman–Crippen MR) is 99.7 cm³/mol. The normalized spacial score (nSPS) is 14.2. The average Bonchev–Trinajstić information content (AvgIpc) is 2.57. The van der Waals surface area contributed by atoms with Crippen LogP contribution in [0.1, 0.15) is 11.1 Å². The Labute approximate surface area is 149 Å². The highest BCUT2D eigenvalue weighted by molar-refractivity contribution is 8.25. The number of nitrogens with one attached hydrogen (secondary N) is 1. The molecule has 0 atom stereocenters. The third-order valence-corrected chi connectivity index (χ3v) is 4.59. The molecule has 0 unspecified atom stereocenters. The molecule has 23 heavy (non-hydrogen) atoms. The Hall–Kier alpha value is -1.82. The summed E-state index contributed by atoms with van der Waals surface area (Å²) in [5, 5.41) is 4.07. The van der Waals surface area contributed by atoms with Gasteiger partial charge < -0.3 is 0 Å². The van der Waals surface area contributed by atoms with Crippen LogP contribution in [0.5, 0.6) is 0 Å². The summed E-state index contributed by atoms with van der Waals surface area (Å²) in [7, 11) is 0. The summed E-state index contributed by atoms with van der Waals surface area (Å²) in [6.07, 6.45) is 0.265. The number of nitrogens with zero attached hydrogens (tertiary/aromatic N) is 1. The Bertz CT molecular complexity index is 760. The van der Waals surface area contributed by atoms with Crippen LogP contribution in [0.4, 0.5) is 0 Å². The fourth-order valence-electron chi connectivity index (χ4n) is 2.20. The van der Waals surface area contributed by atoms with Crippen molar-refractivity contribution >= 4 is 51.5 Å². The van der Waals surface area contributed by atoms with E-state index in [2.05, 4.69) is 5.43 Å². The van der Waals surface area contributed by atoms with Crippen molar-refractivity contribution in [3.05, 3.63) is 76.2 Å². The number of halogens is 1. The lowest BCUT2D eigenvalue weighted by Gasteiger charge is -2.30. The third-order valence-electron chi connectivity index (χ3n) is 3.31. The first-order valence-electron chi connectivity index (χ1n) is 6.94. The first-order valence-corrected chi connectivity index (χ1v) is 8.60. The van der Waals surface area contributed by atoms with Gasteiger partial charge >= 0.3 is 0 Å². The Kier molecular flexibility index (Phi) is 5.00. The number of amides is 1. The van der Waals surface area contributed by atoms with Crippen LogP contribution in [0.15, 0.2) is 60.0 Å². The smallest absolute Gasteiger partial charge is 0.250 e. The first-order chi connectivity index (χ1) is 11.1. The molecule has 2 aromatic rings. The van der Waals surface area contributed by atoms with Gasteiger partial charge in [0.05, 0.1) is 12.1 Å². The lowest BCUT2D eigenvalue weighted by molar-refractivity contribution is -0.128. The second-order valence-corrected chi connectivity index (χ2v) is 6.90. The van der Waals surface area contributed by atoms with Crippen molar-refractivity contribution in [1.82, 2.24) is 10.4 Å². The zero-order valence-electron chi connectivity index (χ0n) is 12.0. The molecule has 0 spiro atoms. The van der Waals surface area contributed by atoms with Gasteiger partial charge in [0.25, 0.3) is 0 Å². The summed E-state index contributed by atoms with van der Waals surface area (Å²) in [6, 6.07) is 17.0. The van der Waals surface area contributed by atoms with Gasteiger partial charge in [0.2, 0.25) is 5.91 Å². The zero-order chi connectivity index (χ0) is 16.2. The summed E-state index contributed by atoms with van der Waals surface area (Å²) in [6.45, 7) is 0. The summed E-state index contributed by atoms with van der Waals surface area (Å²) < 4.78 is 0.550. The molecule has 1 amide bonds. The highest BCUT2D eigenvalue weighted by atomic mass is 35.5. The fourth-order valence-corrected chi connectivity index (χ4v) is 3.16. The van der Waals surface area contributed by atoms with Crippen molar-refractivity contribution in [2.45, 2.75) is 6.42 Å². The second-order valence-electron chi connectivity index (χ2n) is 4.92. The van der Waals surface area contributed by atoms with Crippen LogP contribution in [0.25, 0.3) is 5.70 Å². The van der Waals surface area contributed by atoms with Gasteiger partial charge in [-0.15, -0.1) is 0 Å². The fraction of sp³-hybridized carbons (Fsp3) is 0.0588. The number of thioether (sulfide) groups is 1. The van der Waals surface area contributed by atoms with E-state index in [0.29, 0.717) is 9.34 Å². The maximum absolute atomic E-state index is 12.7. The van der Waals surface area contributed by atoms with Crippen LogP contribution in [0.2, 0.25) is 5.02 Å². The molecule has 1 aliphatic heterocycles. The molecule has 3 nitrogen and oxygen atoms in total. The van der Waals surface area contributed by atoms with E-state index in [4.69, 9.17) is 23.8 Å². The lowest BCUT2D eigenvalue weighted by atomic mass is 10.1. The SMILES string of the molecule is O=C(Cc1ccc(Cl)cc1)N1NC(=S)SC=C1c1ccccc1. The summed E-state index contributed by atoms with van der Waals surface area (Å²) >= 11 is 12.5. The van der Waals surface area contributed by atoms with E-state index in [9.17, 15) is 4.79 Å². The summed E-state index contributed by atoms with van der Waals surface area (Å²) in [5.41, 5.74) is 5.63. The van der Waals surface area contributed by atoms with Crippen molar-refractivity contribution < 1.29 is 4.79 Å². The summed E-state index contributed by atoms with van der Waals surface area (Å²) in [4.78, 5) is 12.7.